The summed E-state index contributed by atoms with van der Waals surface area (Å²) in [6.45, 7) is 0. The summed E-state index contributed by atoms with van der Waals surface area (Å²) in [5.74, 6) is 3.92. The van der Waals surface area contributed by atoms with Crippen molar-refractivity contribution < 1.29 is 28.4 Å². The molecule has 3 aromatic rings. The Bertz CT molecular complexity index is 905. The molecule has 0 aliphatic rings. The molecule has 0 heterocycles. The topological polar surface area (TPSA) is 55.4 Å². The summed E-state index contributed by atoms with van der Waals surface area (Å²) >= 11 is 0. The number of methoxy groups -OCH3 is 6. The highest BCUT2D eigenvalue weighted by molar-refractivity contribution is 7.80. The first-order chi connectivity index (χ1) is 15.1. The summed E-state index contributed by atoms with van der Waals surface area (Å²) < 4.78 is 34.1. The molecule has 164 valence electrons. The van der Waals surface area contributed by atoms with Crippen LogP contribution in [0.25, 0.3) is 0 Å². The third kappa shape index (κ3) is 4.21. The summed E-state index contributed by atoms with van der Waals surface area (Å²) in [4.78, 5) is 0. The number of ether oxygens (including phenoxy) is 6. The zero-order chi connectivity index (χ0) is 22.4. The first kappa shape index (κ1) is 22.6. The third-order valence-electron chi connectivity index (χ3n) is 4.87. The van der Waals surface area contributed by atoms with Crippen molar-refractivity contribution in [2.24, 2.45) is 0 Å². The van der Waals surface area contributed by atoms with Gasteiger partial charge in [-0.25, -0.2) is 0 Å². The molecule has 6 nitrogen and oxygen atoms in total. The van der Waals surface area contributed by atoms with Crippen molar-refractivity contribution in [3.63, 3.8) is 0 Å². The molecule has 0 fully saturated rings. The average molecular weight is 442 g/mol. The van der Waals surface area contributed by atoms with E-state index in [1.807, 2.05) is 54.6 Å². The van der Waals surface area contributed by atoms with Gasteiger partial charge in [0, 0.05) is 15.9 Å². The van der Waals surface area contributed by atoms with E-state index in [-0.39, 0.29) is 0 Å². The first-order valence-electron chi connectivity index (χ1n) is 9.58. The molecule has 0 aromatic heterocycles. The standard InChI is InChI=1S/C24H27O6P/c1-25-16-10-7-13-19(22(16)28-4)31(20-14-8-11-17(26-2)23(20)29-5)21-15-9-12-18(27-3)24(21)30-6/h7-15H,1-6H3. The molecular formula is C24H27O6P. The van der Waals surface area contributed by atoms with Gasteiger partial charge in [0.15, 0.2) is 34.5 Å². The maximum Gasteiger partial charge on any atom is 0.169 e. The van der Waals surface area contributed by atoms with Crippen molar-refractivity contribution in [3.05, 3.63) is 54.6 Å². The van der Waals surface area contributed by atoms with Crippen molar-refractivity contribution in [1.82, 2.24) is 0 Å². The van der Waals surface area contributed by atoms with Gasteiger partial charge in [0.2, 0.25) is 0 Å². The van der Waals surface area contributed by atoms with Gasteiger partial charge in [0.25, 0.3) is 0 Å². The van der Waals surface area contributed by atoms with Crippen LogP contribution in [0.4, 0.5) is 0 Å². The van der Waals surface area contributed by atoms with E-state index >= 15 is 0 Å². The Morgan fingerprint density at radius 2 is 0.710 bits per heavy atom. The normalized spacial score (nSPS) is 10.5. The summed E-state index contributed by atoms with van der Waals surface area (Å²) in [6, 6.07) is 17.6. The molecule has 0 spiro atoms. The zero-order valence-corrected chi connectivity index (χ0v) is 19.5. The van der Waals surface area contributed by atoms with Gasteiger partial charge in [0.1, 0.15) is 0 Å². The Hall–Kier alpha value is -3.11. The fourth-order valence-electron chi connectivity index (χ4n) is 3.53. The SMILES string of the molecule is COc1cccc(P(c2cccc(OC)c2OC)c2cccc(OC)c2OC)c1OC. The molecule has 0 saturated carbocycles. The highest BCUT2D eigenvalue weighted by Gasteiger charge is 2.30. The largest absolute Gasteiger partial charge is 0.493 e. The van der Waals surface area contributed by atoms with Crippen LogP contribution in [0.3, 0.4) is 0 Å². The number of hydrogen-bond acceptors (Lipinski definition) is 6. The van der Waals surface area contributed by atoms with Crippen molar-refractivity contribution >= 4 is 23.8 Å². The fourth-order valence-corrected chi connectivity index (χ4v) is 6.23. The Kier molecular flexibility index (Phi) is 7.48. The van der Waals surface area contributed by atoms with E-state index < -0.39 is 7.92 Å². The second-order valence-corrected chi connectivity index (χ2v) is 8.49. The highest BCUT2D eigenvalue weighted by atomic mass is 31.1. The van der Waals surface area contributed by atoms with Crippen LogP contribution in [0.15, 0.2) is 54.6 Å². The lowest BCUT2D eigenvalue weighted by molar-refractivity contribution is 0.356. The molecule has 0 radical (unpaired) electrons. The predicted octanol–water partition coefficient (Wildman–Crippen LogP) is 3.50. The Morgan fingerprint density at radius 3 is 0.935 bits per heavy atom. The minimum absolute atomic E-state index is 0.649. The minimum Gasteiger partial charge on any atom is -0.493 e. The second kappa shape index (κ2) is 10.3. The van der Waals surface area contributed by atoms with E-state index in [4.69, 9.17) is 28.4 Å². The van der Waals surface area contributed by atoms with Gasteiger partial charge in [-0.2, -0.15) is 0 Å². The van der Waals surface area contributed by atoms with Gasteiger partial charge >= 0.3 is 0 Å². The average Bonchev–Trinajstić information content (AvgIpc) is 2.83. The van der Waals surface area contributed by atoms with Gasteiger partial charge in [0.05, 0.1) is 42.7 Å². The van der Waals surface area contributed by atoms with Crippen LogP contribution < -0.4 is 44.3 Å². The molecular weight excluding hydrogens is 415 g/mol. The molecule has 3 rings (SSSR count). The van der Waals surface area contributed by atoms with Crippen molar-refractivity contribution in [2.45, 2.75) is 0 Å². The Balaban J connectivity index is 2.41. The van der Waals surface area contributed by atoms with Crippen LogP contribution in [-0.2, 0) is 0 Å². The lowest BCUT2D eigenvalue weighted by Crippen LogP contribution is -2.25. The predicted molar refractivity (Wildman–Crippen MR) is 124 cm³/mol. The van der Waals surface area contributed by atoms with Crippen LogP contribution in [-0.4, -0.2) is 42.7 Å². The van der Waals surface area contributed by atoms with Crippen LogP contribution in [0.5, 0.6) is 34.5 Å². The van der Waals surface area contributed by atoms with E-state index in [1.165, 1.54) is 0 Å². The minimum atomic E-state index is -1.21. The summed E-state index contributed by atoms with van der Waals surface area (Å²) in [5, 5.41) is 2.86. The first-order valence-corrected chi connectivity index (χ1v) is 10.9. The molecule has 0 atom stereocenters. The summed E-state index contributed by atoms with van der Waals surface area (Å²) in [7, 11) is 8.59. The van der Waals surface area contributed by atoms with Gasteiger partial charge in [-0.3, -0.25) is 0 Å². The van der Waals surface area contributed by atoms with E-state index in [9.17, 15) is 0 Å². The molecule has 0 N–H and O–H groups in total. The van der Waals surface area contributed by atoms with E-state index in [1.54, 1.807) is 42.7 Å². The molecule has 0 bridgehead atoms. The van der Waals surface area contributed by atoms with Crippen molar-refractivity contribution in [3.8, 4) is 34.5 Å². The lowest BCUT2D eigenvalue weighted by atomic mass is 10.3. The van der Waals surface area contributed by atoms with Crippen LogP contribution in [0.1, 0.15) is 0 Å². The molecule has 0 amide bonds. The number of hydrogen-bond donors (Lipinski definition) is 0. The maximum absolute atomic E-state index is 5.80. The maximum atomic E-state index is 5.80. The highest BCUT2D eigenvalue weighted by Crippen LogP contribution is 2.47. The molecule has 0 unspecified atom stereocenters. The van der Waals surface area contributed by atoms with Gasteiger partial charge < -0.3 is 28.4 Å². The quantitative estimate of drug-likeness (QED) is 0.473. The smallest absolute Gasteiger partial charge is 0.169 e. The monoisotopic (exact) mass is 442 g/mol. The molecule has 0 aliphatic carbocycles. The van der Waals surface area contributed by atoms with Gasteiger partial charge in [-0.1, -0.05) is 18.2 Å². The van der Waals surface area contributed by atoms with Crippen LogP contribution in [0.2, 0.25) is 0 Å². The molecule has 31 heavy (non-hydrogen) atoms. The number of para-hydroxylation sites is 3. The van der Waals surface area contributed by atoms with E-state index in [2.05, 4.69) is 0 Å². The molecule has 0 saturated heterocycles. The second-order valence-electron chi connectivity index (χ2n) is 6.37. The molecule has 3 aromatic carbocycles. The zero-order valence-electron chi connectivity index (χ0n) is 18.6. The molecule has 7 heteroatoms. The number of rotatable bonds is 9. The van der Waals surface area contributed by atoms with E-state index in [0.29, 0.717) is 34.5 Å². The van der Waals surface area contributed by atoms with E-state index in [0.717, 1.165) is 15.9 Å². The van der Waals surface area contributed by atoms with Crippen molar-refractivity contribution in [1.29, 1.82) is 0 Å². The number of benzene rings is 3. The van der Waals surface area contributed by atoms with Crippen LogP contribution in [0, 0.1) is 0 Å². The summed E-state index contributed by atoms with van der Waals surface area (Å²) in [6.07, 6.45) is 0. The Labute approximate surface area is 184 Å². The van der Waals surface area contributed by atoms with Crippen molar-refractivity contribution in [2.75, 3.05) is 42.7 Å². The molecule has 0 aliphatic heterocycles. The third-order valence-corrected chi connectivity index (χ3v) is 7.37. The summed E-state index contributed by atoms with van der Waals surface area (Å²) in [5.41, 5.74) is 0. The lowest BCUT2D eigenvalue weighted by Gasteiger charge is -2.26. The van der Waals surface area contributed by atoms with Gasteiger partial charge in [-0.15, -0.1) is 0 Å². The van der Waals surface area contributed by atoms with Crippen LogP contribution >= 0.6 is 7.92 Å². The Morgan fingerprint density at radius 1 is 0.419 bits per heavy atom. The fraction of sp³-hybridized carbons (Fsp3) is 0.250. The van der Waals surface area contributed by atoms with Gasteiger partial charge in [-0.05, 0) is 44.3 Å².